The third-order valence-corrected chi connectivity index (χ3v) is 6.99. The predicted molar refractivity (Wildman–Crippen MR) is 146 cm³/mol. The van der Waals surface area contributed by atoms with Gasteiger partial charge in [0.25, 0.3) is 11.1 Å². The van der Waals surface area contributed by atoms with Gasteiger partial charge in [0.15, 0.2) is 5.76 Å². The maximum Gasteiger partial charge on any atom is 0.290 e. The molecular weight excluding hydrogens is 525 g/mol. The van der Waals surface area contributed by atoms with Crippen LogP contribution in [0.25, 0.3) is 27.9 Å². The van der Waals surface area contributed by atoms with E-state index < -0.39 is 22.4 Å². The Morgan fingerprint density at radius 1 is 0.923 bits per heavy atom. The Bertz CT molecular complexity index is 1660. The molecule has 1 saturated heterocycles. The van der Waals surface area contributed by atoms with Gasteiger partial charge < -0.3 is 18.6 Å². The van der Waals surface area contributed by atoms with Gasteiger partial charge in [0.1, 0.15) is 36.1 Å². The quantitative estimate of drug-likeness (QED) is 0.219. The Labute approximate surface area is 226 Å². The van der Waals surface area contributed by atoms with E-state index in [0.717, 1.165) is 23.4 Å². The molecule has 0 unspecified atom stereocenters. The summed E-state index contributed by atoms with van der Waals surface area (Å²) in [6.07, 6.45) is 0. The van der Waals surface area contributed by atoms with E-state index in [2.05, 4.69) is 5.32 Å². The van der Waals surface area contributed by atoms with Crippen LogP contribution in [0.2, 0.25) is 0 Å². The smallest absolute Gasteiger partial charge is 0.290 e. The highest BCUT2D eigenvalue weighted by atomic mass is 32.2. The summed E-state index contributed by atoms with van der Waals surface area (Å²) in [5, 5.41) is 1.92. The van der Waals surface area contributed by atoms with Crippen LogP contribution in [-0.4, -0.2) is 31.5 Å². The van der Waals surface area contributed by atoms with Crippen LogP contribution in [0.5, 0.6) is 17.2 Å². The number of allylic oxidation sites excluding steroid dienone is 1. The predicted octanol–water partition coefficient (Wildman–Crippen LogP) is 5.78. The molecule has 0 bridgehead atoms. The highest BCUT2D eigenvalue weighted by Gasteiger charge is 2.27. The maximum atomic E-state index is 13.9. The van der Waals surface area contributed by atoms with Crippen molar-refractivity contribution in [2.24, 2.45) is 0 Å². The number of carbonyl (C=O) groups is 2. The van der Waals surface area contributed by atoms with E-state index in [9.17, 15) is 18.8 Å². The molecule has 4 aromatic rings. The SMILES string of the molecule is COc1ccc(-c2oc3ccc(F)cc3c(=O)c2OCCOc2ccc(/C(C)=C3\SC(=O)NC3=O)cc2)cc1. The number of rotatable bonds is 8. The highest BCUT2D eigenvalue weighted by Crippen LogP contribution is 2.33. The van der Waals surface area contributed by atoms with Gasteiger partial charge in [-0.2, -0.15) is 0 Å². The Hall–Kier alpha value is -4.57. The fraction of sp³-hybridized carbons (Fsp3) is 0.138. The van der Waals surface area contributed by atoms with Crippen molar-refractivity contribution in [2.75, 3.05) is 20.3 Å². The maximum absolute atomic E-state index is 13.9. The van der Waals surface area contributed by atoms with Crippen molar-refractivity contribution < 1.29 is 32.6 Å². The summed E-state index contributed by atoms with van der Waals surface area (Å²) in [6, 6.07) is 17.7. The van der Waals surface area contributed by atoms with Crippen molar-refractivity contribution in [2.45, 2.75) is 6.92 Å². The van der Waals surface area contributed by atoms with Gasteiger partial charge in [0.05, 0.1) is 17.4 Å². The van der Waals surface area contributed by atoms with Gasteiger partial charge in [-0.3, -0.25) is 19.7 Å². The van der Waals surface area contributed by atoms with Crippen LogP contribution >= 0.6 is 11.8 Å². The van der Waals surface area contributed by atoms with Gasteiger partial charge in [-0.1, -0.05) is 12.1 Å². The van der Waals surface area contributed by atoms with Crippen molar-refractivity contribution in [3.63, 3.8) is 0 Å². The topological polar surface area (TPSA) is 104 Å². The number of fused-ring (bicyclic) bond motifs is 1. The first-order valence-corrected chi connectivity index (χ1v) is 12.7. The van der Waals surface area contributed by atoms with Gasteiger partial charge in [0, 0.05) is 5.56 Å². The number of benzene rings is 3. The number of halogens is 1. The Morgan fingerprint density at radius 2 is 1.62 bits per heavy atom. The first kappa shape index (κ1) is 26.1. The van der Waals surface area contributed by atoms with Gasteiger partial charge in [-0.25, -0.2) is 4.39 Å². The van der Waals surface area contributed by atoms with Crippen LogP contribution < -0.4 is 25.0 Å². The summed E-state index contributed by atoms with van der Waals surface area (Å²) < 4.78 is 36.6. The summed E-state index contributed by atoms with van der Waals surface area (Å²) >= 11 is 0.871. The zero-order valence-corrected chi connectivity index (χ0v) is 21.7. The van der Waals surface area contributed by atoms with Crippen molar-refractivity contribution in [3.05, 3.63) is 93.2 Å². The molecule has 1 N–H and O–H groups in total. The van der Waals surface area contributed by atoms with Crippen LogP contribution in [-0.2, 0) is 4.79 Å². The molecule has 0 saturated carbocycles. The summed E-state index contributed by atoms with van der Waals surface area (Å²) in [6.45, 7) is 1.89. The lowest BCUT2D eigenvalue weighted by Crippen LogP contribution is -2.18. The summed E-state index contributed by atoms with van der Waals surface area (Å²) in [5.74, 6) is 0.367. The monoisotopic (exact) mass is 547 g/mol. The number of carbonyl (C=O) groups excluding carboxylic acids is 2. The second-order valence-corrected chi connectivity index (χ2v) is 9.46. The number of imide groups is 1. The van der Waals surface area contributed by atoms with Crippen molar-refractivity contribution >= 4 is 39.5 Å². The molecule has 198 valence electrons. The lowest BCUT2D eigenvalue weighted by Gasteiger charge is -2.13. The number of hydrogen-bond donors (Lipinski definition) is 1. The van der Waals surface area contributed by atoms with Gasteiger partial charge in [-0.05, 0) is 84.4 Å². The Morgan fingerprint density at radius 3 is 2.28 bits per heavy atom. The average Bonchev–Trinajstić information content (AvgIpc) is 3.29. The molecule has 0 spiro atoms. The number of thioether (sulfide) groups is 1. The third kappa shape index (κ3) is 5.51. The van der Waals surface area contributed by atoms with E-state index in [1.807, 2.05) is 0 Å². The second-order valence-electron chi connectivity index (χ2n) is 8.48. The van der Waals surface area contributed by atoms with Crippen LogP contribution in [0.15, 0.2) is 80.8 Å². The molecule has 0 atom stereocenters. The molecule has 1 aliphatic heterocycles. The minimum absolute atomic E-state index is 0.0124. The summed E-state index contributed by atoms with van der Waals surface area (Å²) in [4.78, 5) is 37.0. The van der Waals surface area contributed by atoms with Crippen LogP contribution in [0.4, 0.5) is 9.18 Å². The number of hydrogen-bond acceptors (Lipinski definition) is 8. The van der Waals surface area contributed by atoms with Crippen molar-refractivity contribution in [1.29, 1.82) is 0 Å². The first-order valence-electron chi connectivity index (χ1n) is 11.8. The molecule has 2 heterocycles. The van der Waals surface area contributed by atoms with Crippen LogP contribution in [0.1, 0.15) is 12.5 Å². The van der Waals surface area contributed by atoms with E-state index in [4.69, 9.17) is 18.6 Å². The molecule has 39 heavy (non-hydrogen) atoms. The fourth-order valence-electron chi connectivity index (χ4n) is 4.01. The van der Waals surface area contributed by atoms with Gasteiger partial charge >= 0.3 is 0 Å². The standard InChI is InChI=1S/C29H22FNO7S/c1-16(27-28(33)31-29(34)39-27)17-3-10-21(11-4-17)36-13-14-37-26-24(32)22-15-19(30)7-12-23(22)38-25(26)18-5-8-20(35-2)9-6-18/h3-12,15H,13-14H2,1-2H3,(H,31,33,34)/b27-16-. The fourth-order valence-corrected chi connectivity index (χ4v) is 4.75. The molecular formula is C29H22FNO7S. The highest BCUT2D eigenvalue weighted by molar-refractivity contribution is 8.18. The minimum Gasteiger partial charge on any atom is -0.497 e. The molecule has 3 aromatic carbocycles. The Kier molecular flexibility index (Phi) is 7.38. The normalized spacial score (nSPS) is 14.3. The molecule has 8 nitrogen and oxygen atoms in total. The molecule has 10 heteroatoms. The van der Waals surface area contributed by atoms with E-state index in [1.165, 1.54) is 12.1 Å². The summed E-state index contributed by atoms with van der Waals surface area (Å²) in [5.41, 5.74) is 1.78. The van der Waals surface area contributed by atoms with E-state index in [-0.39, 0.29) is 35.7 Å². The first-order chi connectivity index (χ1) is 18.8. The van der Waals surface area contributed by atoms with E-state index >= 15 is 0 Å². The third-order valence-electron chi connectivity index (χ3n) is 6.01. The lowest BCUT2D eigenvalue weighted by atomic mass is 10.1. The molecule has 2 amide bonds. The molecule has 1 aromatic heterocycles. The number of ether oxygens (including phenoxy) is 3. The largest absolute Gasteiger partial charge is 0.497 e. The molecule has 1 fully saturated rings. The van der Waals surface area contributed by atoms with Crippen LogP contribution in [0, 0.1) is 5.82 Å². The zero-order chi connectivity index (χ0) is 27.5. The molecule has 0 aliphatic carbocycles. The minimum atomic E-state index is -0.561. The second kappa shape index (κ2) is 11.0. The summed E-state index contributed by atoms with van der Waals surface area (Å²) in [7, 11) is 1.55. The van der Waals surface area contributed by atoms with Crippen molar-refractivity contribution in [1.82, 2.24) is 5.32 Å². The molecule has 0 radical (unpaired) electrons. The molecule has 5 rings (SSSR count). The van der Waals surface area contributed by atoms with Crippen LogP contribution in [0.3, 0.4) is 0 Å². The van der Waals surface area contributed by atoms with Crippen molar-refractivity contribution in [3.8, 4) is 28.6 Å². The number of nitrogens with one attached hydrogen (secondary N) is 1. The zero-order valence-electron chi connectivity index (χ0n) is 20.9. The number of methoxy groups -OCH3 is 1. The number of amides is 2. The lowest BCUT2D eigenvalue weighted by molar-refractivity contribution is -0.115. The van der Waals surface area contributed by atoms with Gasteiger partial charge in [0.2, 0.25) is 11.2 Å². The van der Waals surface area contributed by atoms with E-state index in [1.54, 1.807) is 62.6 Å². The van der Waals surface area contributed by atoms with E-state index in [0.29, 0.717) is 27.5 Å². The van der Waals surface area contributed by atoms with Gasteiger partial charge in [-0.15, -0.1) is 0 Å². The average molecular weight is 548 g/mol. The molecule has 1 aliphatic rings. The Balaban J connectivity index is 1.32.